The molecular formula is C18H25N3. The third-order valence-corrected chi connectivity index (χ3v) is 4.12. The van der Waals surface area contributed by atoms with Gasteiger partial charge < -0.3 is 5.32 Å². The molecule has 3 nitrogen and oxygen atoms in total. The highest BCUT2D eigenvalue weighted by molar-refractivity contribution is 5.59. The zero-order chi connectivity index (χ0) is 15.0. The smallest absolute Gasteiger partial charge is 0.133 e. The van der Waals surface area contributed by atoms with E-state index in [-0.39, 0.29) is 0 Å². The predicted molar refractivity (Wildman–Crippen MR) is 88.4 cm³/mol. The number of benzene rings is 1. The molecule has 2 heterocycles. The van der Waals surface area contributed by atoms with Crippen LogP contribution in [0, 0.1) is 5.92 Å². The van der Waals surface area contributed by atoms with Gasteiger partial charge >= 0.3 is 0 Å². The molecule has 0 atom stereocenters. The molecule has 0 radical (unpaired) electrons. The van der Waals surface area contributed by atoms with Crippen LogP contribution in [0.15, 0.2) is 24.3 Å². The molecule has 1 aromatic carbocycles. The normalized spacial score (nSPS) is 13.8. The maximum Gasteiger partial charge on any atom is 0.133 e. The van der Waals surface area contributed by atoms with E-state index in [1.807, 2.05) is 0 Å². The fourth-order valence-electron chi connectivity index (χ4n) is 3.14. The minimum atomic E-state index is 0.496. The Labute approximate surface area is 127 Å². The molecule has 2 aromatic rings. The topological polar surface area (TPSA) is 29.9 Å². The minimum Gasteiger partial charge on any atom is -0.369 e. The lowest BCUT2D eigenvalue weighted by Crippen LogP contribution is -2.08. The Morgan fingerprint density at radius 2 is 1.95 bits per heavy atom. The number of aromatic nitrogens is 2. The highest BCUT2D eigenvalue weighted by atomic mass is 15.3. The van der Waals surface area contributed by atoms with Crippen molar-refractivity contribution in [2.45, 2.75) is 46.5 Å². The summed E-state index contributed by atoms with van der Waals surface area (Å²) in [5, 5.41) is 8.47. The van der Waals surface area contributed by atoms with Gasteiger partial charge in [0.05, 0.1) is 11.4 Å². The predicted octanol–water partition coefficient (Wildman–Crippen LogP) is 4.16. The van der Waals surface area contributed by atoms with Gasteiger partial charge in [-0.05, 0) is 36.3 Å². The molecule has 112 valence electrons. The number of anilines is 1. The van der Waals surface area contributed by atoms with Gasteiger partial charge in [-0.3, -0.25) is 0 Å². The van der Waals surface area contributed by atoms with E-state index in [0.29, 0.717) is 11.8 Å². The third-order valence-electron chi connectivity index (χ3n) is 4.12. The van der Waals surface area contributed by atoms with Gasteiger partial charge in [0, 0.05) is 12.1 Å². The number of nitrogens with one attached hydrogen (secondary N) is 1. The van der Waals surface area contributed by atoms with Crippen LogP contribution in [0.4, 0.5) is 5.82 Å². The third kappa shape index (κ3) is 2.57. The van der Waals surface area contributed by atoms with Gasteiger partial charge in [-0.1, -0.05) is 45.9 Å². The monoisotopic (exact) mass is 283 g/mol. The summed E-state index contributed by atoms with van der Waals surface area (Å²) in [5.41, 5.74) is 5.26. The van der Waals surface area contributed by atoms with Crippen molar-refractivity contribution in [3.05, 3.63) is 41.1 Å². The maximum atomic E-state index is 4.94. The molecule has 0 fully saturated rings. The van der Waals surface area contributed by atoms with Crippen molar-refractivity contribution >= 4 is 5.82 Å². The van der Waals surface area contributed by atoms with E-state index >= 15 is 0 Å². The van der Waals surface area contributed by atoms with E-state index in [4.69, 9.17) is 5.10 Å². The first kappa shape index (κ1) is 14.2. The molecule has 0 bridgehead atoms. The Balaban J connectivity index is 2.12. The van der Waals surface area contributed by atoms with E-state index in [9.17, 15) is 0 Å². The molecule has 0 unspecified atom stereocenters. The largest absolute Gasteiger partial charge is 0.369 e. The average molecular weight is 283 g/mol. The van der Waals surface area contributed by atoms with Gasteiger partial charge in [0.15, 0.2) is 0 Å². The fraction of sp³-hybridized carbons (Fsp3) is 0.500. The molecule has 0 spiro atoms. The molecule has 3 rings (SSSR count). The molecule has 1 aliphatic rings. The Bertz CT molecular complexity index is 638. The van der Waals surface area contributed by atoms with Gasteiger partial charge in [-0.15, -0.1) is 0 Å². The van der Waals surface area contributed by atoms with Crippen molar-refractivity contribution in [1.29, 1.82) is 0 Å². The van der Waals surface area contributed by atoms with Crippen LogP contribution in [0.25, 0.3) is 5.69 Å². The first-order chi connectivity index (χ1) is 10.1. The standard InChI is InChI=1S/C18H25N3/c1-12(2)11-16-15-9-10-19-18(15)21(20-16)17-8-6-5-7-14(17)13(3)4/h5-8,12-13,19H,9-11H2,1-4H3. The average Bonchev–Trinajstić information content (AvgIpc) is 3.02. The highest BCUT2D eigenvalue weighted by Crippen LogP contribution is 2.32. The van der Waals surface area contributed by atoms with E-state index in [2.05, 4.69) is 62.0 Å². The Morgan fingerprint density at radius 1 is 1.19 bits per heavy atom. The quantitative estimate of drug-likeness (QED) is 0.913. The van der Waals surface area contributed by atoms with Crippen LogP contribution in [0.3, 0.4) is 0 Å². The molecule has 0 aliphatic carbocycles. The minimum absolute atomic E-state index is 0.496. The van der Waals surface area contributed by atoms with E-state index in [1.54, 1.807) is 0 Å². The lowest BCUT2D eigenvalue weighted by Gasteiger charge is -2.14. The van der Waals surface area contributed by atoms with Crippen molar-refractivity contribution in [1.82, 2.24) is 9.78 Å². The zero-order valence-electron chi connectivity index (χ0n) is 13.5. The second-order valence-electron chi connectivity index (χ2n) is 6.67. The van der Waals surface area contributed by atoms with Crippen LogP contribution in [0.5, 0.6) is 0 Å². The van der Waals surface area contributed by atoms with Crippen LogP contribution >= 0.6 is 0 Å². The van der Waals surface area contributed by atoms with Gasteiger partial charge in [-0.2, -0.15) is 5.10 Å². The molecular weight excluding hydrogens is 258 g/mol. The Kier molecular flexibility index (Phi) is 3.75. The van der Waals surface area contributed by atoms with Crippen molar-refractivity contribution in [2.75, 3.05) is 11.9 Å². The number of rotatable bonds is 4. The first-order valence-electron chi connectivity index (χ1n) is 8.02. The van der Waals surface area contributed by atoms with Crippen molar-refractivity contribution in [2.24, 2.45) is 5.92 Å². The summed E-state index contributed by atoms with van der Waals surface area (Å²) in [6.07, 6.45) is 2.15. The van der Waals surface area contributed by atoms with Crippen molar-refractivity contribution in [3.8, 4) is 5.69 Å². The molecule has 1 aliphatic heterocycles. The highest BCUT2D eigenvalue weighted by Gasteiger charge is 2.24. The number of hydrogen-bond acceptors (Lipinski definition) is 2. The Hall–Kier alpha value is -1.77. The molecule has 0 saturated carbocycles. The van der Waals surface area contributed by atoms with Crippen LogP contribution in [-0.2, 0) is 12.8 Å². The van der Waals surface area contributed by atoms with E-state index < -0.39 is 0 Å². The lowest BCUT2D eigenvalue weighted by molar-refractivity contribution is 0.623. The number of para-hydroxylation sites is 1. The SMILES string of the molecule is CC(C)Cc1nn(-c2ccccc2C(C)C)c2c1CCN2. The lowest BCUT2D eigenvalue weighted by atomic mass is 10.0. The van der Waals surface area contributed by atoms with E-state index in [1.165, 1.54) is 28.3 Å². The van der Waals surface area contributed by atoms with Gasteiger partial charge in [0.1, 0.15) is 5.82 Å². The van der Waals surface area contributed by atoms with Crippen LogP contribution in [0.2, 0.25) is 0 Å². The number of hydrogen-bond donors (Lipinski definition) is 1. The summed E-state index contributed by atoms with van der Waals surface area (Å²) >= 11 is 0. The summed E-state index contributed by atoms with van der Waals surface area (Å²) in [5.74, 6) is 2.34. The van der Waals surface area contributed by atoms with E-state index in [0.717, 1.165) is 19.4 Å². The van der Waals surface area contributed by atoms with Crippen LogP contribution < -0.4 is 5.32 Å². The summed E-state index contributed by atoms with van der Waals surface area (Å²) < 4.78 is 2.13. The van der Waals surface area contributed by atoms with Crippen LogP contribution in [0.1, 0.15) is 50.4 Å². The summed E-state index contributed by atoms with van der Waals surface area (Å²) in [6, 6.07) is 8.62. The molecule has 21 heavy (non-hydrogen) atoms. The van der Waals surface area contributed by atoms with Gasteiger partial charge in [-0.25, -0.2) is 4.68 Å². The molecule has 3 heteroatoms. The second kappa shape index (κ2) is 5.55. The van der Waals surface area contributed by atoms with Crippen LogP contribution in [-0.4, -0.2) is 16.3 Å². The maximum absolute atomic E-state index is 4.94. The zero-order valence-corrected chi connectivity index (χ0v) is 13.5. The molecule has 1 N–H and O–H groups in total. The van der Waals surface area contributed by atoms with Gasteiger partial charge in [0.25, 0.3) is 0 Å². The summed E-state index contributed by atoms with van der Waals surface area (Å²) in [7, 11) is 0. The van der Waals surface area contributed by atoms with Crippen molar-refractivity contribution in [3.63, 3.8) is 0 Å². The number of fused-ring (bicyclic) bond motifs is 1. The van der Waals surface area contributed by atoms with Crippen molar-refractivity contribution < 1.29 is 0 Å². The van der Waals surface area contributed by atoms with Gasteiger partial charge in [0.2, 0.25) is 0 Å². The first-order valence-corrected chi connectivity index (χ1v) is 8.02. The summed E-state index contributed by atoms with van der Waals surface area (Å²) in [6.45, 7) is 10.0. The second-order valence-corrected chi connectivity index (χ2v) is 6.67. The summed E-state index contributed by atoms with van der Waals surface area (Å²) in [4.78, 5) is 0. The Morgan fingerprint density at radius 3 is 2.67 bits per heavy atom. The fourth-order valence-corrected chi connectivity index (χ4v) is 3.14. The molecule has 0 amide bonds. The molecule has 0 saturated heterocycles. The molecule has 1 aromatic heterocycles. The number of nitrogens with zero attached hydrogens (tertiary/aromatic N) is 2.